The molecule has 0 aliphatic rings. The third-order valence-corrected chi connectivity index (χ3v) is 3.33. The van der Waals surface area contributed by atoms with Gasteiger partial charge in [-0.1, -0.05) is 34.1 Å². The molecule has 0 bridgehead atoms. The van der Waals surface area contributed by atoms with E-state index in [1.54, 1.807) is 18.2 Å². The van der Waals surface area contributed by atoms with Gasteiger partial charge in [0.15, 0.2) is 6.61 Å². The van der Waals surface area contributed by atoms with Crippen molar-refractivity contribution in [2.75, 3.05) is 6.61 Å². The minimum Gasteiger partial charge on any atom is -0.507 e. The van der Waals surface area contributed by atoms with E-state index in [0.717, 1.165) is 10.0 Å². The number of amides is 1. The molecule has 5 nitrogen and oxygen atoms in total. The number of nitrogens with zero attached hydrogens (tertiary/aromatic N) is 1. The molecule has 2 N–H and O–H groups in total. The number of ether oxygens (including phenoxy) is 1. The van der Waals surface area contributed by atoms with Crippen LogP contribution in [0.5, 0.6) is 11.5 Å². The number of hydrogen-bond acceptors (Lipinski definition) is 4. The second kappa shape index (κ2) is 7.61. The summed E-state index contributed by atoms with van der Waals surface area (Å²) in [7, 11) is 0. The number of phenols is 1. The summed E-state index contributed by atoms with van der Waals surface area (Å²) in [5, 5.41) is 13.4. The molecule has 0 heterocycles. The molecular weight excluding hydrogens is 348 g/mol. The predicted octanol–water partition coefficient (Wildman–Crippen LogP) is 2.99. The van der Waals surface area contributed by atoms with Crippen LogP contribution in [0.3, 0.4) is 0 Å². The lowest BCUT2D eigenvalue weighted by molar-refractivity contribution is -0.123. The van der Waals surface area contributed by atoms with Crippen molar-refractivity contribution < 1.29 is 14.6 Å². The van der Waals surface area contributed by atoms with Gasteiger partial charge in [0.1, 0.15) is 11.5 Å². The molecule has 0 fully saturated rings. The monoisotopic (exact) mass is 362 g/mol. The number of phenolic OH excluding ortho intramolecular Hbond substituents is 1. The first-order valence-electron chi connectivity index (χ1n) is 6.55. The maximum absolute atomic E-state index is 11.6. The number of benzene rings is 2. The molecule has 0 aliphatic heterocycles. The van der Waals surface area contributed by atoms with Crippen LogP contribution in [0.15, 0.2) is 52.0 Å². The van der Waals surface area contributed by atoms with E-state index in [9.17, 15) is 9.90 Å². The molecule has 22 heavy (non-hydrogen) atoms. The van der Waals surface area contributed by atoms with Crippen molar-refractivity contribution in [3.63, 3.8) is 0 Å². The largest absolute Gasteiger partial charge is 0.507 e. The van der Waals surface area contributed by atoms with Crippen LogP contribution in [0.2, 0.25) is 0 Å². The molecule has 2 aromatic carbocycles. The van der Waals surface area contributed by atoms with E-state index < -0.39 is 0 Å². The molecule has 0 saturated heterocycles. The summed E-state index contributed by atoms with van der Waals surface area (Å²) in [4.78, 5) is 11.6. The maximum atomic E-state index is 11.6. The standard InChI is InChI=1S/C16H15BrN2O3/c1-11-4-2-3-5-15(11)22-10-16(21)19-18-9-12-8-13(17)6-7-14(12)20/h2-9,20H,10H2,1H3,(H,19,21). The van der Waals surface area contributed by atoms with Crippen molar-refractivity contribution in [3.8, 4) is 11.5 Å². The van der Waals surface area contributed by atoms with Gasteiger partial charge >= 0.3 is 0 Å². The highest BCUT2D eigenvalue weighted by atomic mass is 79.9. The number of carbonyl (C=O) groups excluding carboxylic acids is 1. The smallest absolute Gasteiger partial charge is 0.277 e. The van der Waals surface area contributed by atoms with Crippen LogP contribution in [0.25, 0.3) is 0 Å². The summed E-state index contributed by atoms with van der Waals surface area (Å²) < 4.78 is 6.21. The Kier molecular flexibility index (Phi) is 5.55. The second-order valence-corrected chi connectivity index (χ2v) is 5.47. The average molecular weight is 363 g/mol. The summed E-state index contributed by atoms with van der Waals surface area (Å²) in [5.74, 6) is 0.359. The zero-order chi connectivity index (χ0) is 15.9. The molecule has 2 aromatic rings. The van der Waals surface area contributed by atoms with Crippen molar-refractivity contribution in [1.29, 1.82) is 0 Å². The third kappa shape index (κ3) is 4.60. The van der Waals surface area contributed by atoms with Gasteiger partial charge in [-0.05, 0) is 36.8 Å². The first-order chi connectivity index (χ1) is 10.6. The number of halogens is 1. The molecule has 6 heteroatoms. The maximum Gasteiger partial charge on any atom is 0.277 e. The van der Waals surface area contributed by atoms with Crippen LogP contribution in [0.4, 0.5) is 0 Å². The molecule has 2 rings (SSSR count). The molecular formula is C16H15BrN2O3. The van der Waals surface area contributed by atoms with Crippen LogP contribution in [-0.2, 0) is 4.79 Å². The Balaban J connectivity index is 1.86. The van der Waals surface area contributed by atoms with Gasteiger partial charge in [0.25, 0.3) is 5.91 Å². The Hall–Kier alpha value is -2.34. The fourth-order valence-corrected chi connectivity index (χ4v) is 2.08. The van der Waals surface area contributed by atoms with Crippen molar-refractivity contribution in [2.45, 2.75) is 6.92 Å². The van der Waals surface area contributed by atoms with E-state index in [0.29, 0.717) is 11.3 Å². The summed E-state index contributed by atoms with van der Waals surface area (Å²) in [6.07, 6.45) is 1.37. The van der Waals surface area contributed by atoms with Crippen molar-refractivity contribution in [2.24, 2.45) is 5.10 Å². The van der Waals surface area contributed by atoms with E-state index in [-0.39, 0.29) is 18.3 Å². The lowest BCUT2D eigenvalue weighted by Crippen LogP contribution is -2.24. The highest BCUT2D eigenvalue weighted by Gasteiger charge is 2.03. The van der Waals surface area contributed by atoms with Gasteiger partial charge in [-0.15, -0.1) is 0 Å². The Bertz CT molecular complexity index is 702. The topological polar surface area (TPSA) is 70.9 Å². The molecule has 0 unspecified atom stereocenters. The van der Waals surface area contributed by atoms with Crippen LogP contribution < -0.4 is 10.2 Å². The summed E-state index contributed by atoms with van der Waals surface area (Å²) >= 11 is 3.29. The lowest BCUT2D eigenvalue weighted by atomic mass is 10.2. The molecule has 0 saturated carbocycles. The highest BCUT2D eigenvalue weighted by molar-refractivity contribution is 9.10. The van der Waals surface area contributed by atoms with Crippen LogP contribution in [0.1, 0.15) is 11.1 Å². The zero-order valence-corrected chi connectivity index (χ0v) is 13.5. The van der Waals surface area contributed by atoms with E-state index in [1.807, 2.05) is 25.1 Å². The number of nitrogens with one attached hydrogen (secondary N) is 1. The molecule has 0 atom stereocenters. The lowest BCUT2D eigenvalue weighted by Gasteiger charge is -2.07. The fraction of sp³-hybridized carbons (Fsp3) is 0.125. The van der Waals surface area contributed by atoms with Crippen molar-refractivity contribution in [3.05, 3.63) is 58.1 Å². The molecule has 0 aromatic heterocycles. The van der Waals surface area contributed by atoms with Crippen molar-refractivity contribution in [1.82, 2.24) is 5.43 Å². The van der Waals surface area contributed by atoms with Gasteiger partial charge in [-0.25, -0.2) is 5.43 Å². The average Bonchev–Trinajstić information content (AvgIpc) is 2.50. The first-order valence-corrected chi connectivity index (χ1v) is 7.34. The predicted molar refractivity (Wildman–Crippen MR) is 88.2 cm³/mol. The van der Waals surface area contributed by atoms with Crippen LogP contribution in [-0.4, -0.2) is 23.8 Å². The van der Waals surface area contributed by atoms with Gasteiger partial charge in [-0.3, -0.25) is 4.79 Å². The Morgan fingerprint density at radius 1 is 1.36 bits per heavy atom. The van der Waals surface area contributed by atoms with E-state index in [1.165, 1.54) is 12.3 Å². The van der Waals surface area contributed by atoms with E-state index in [2.05, 4.69) is 26.5 Å². The minimum absolute atomic E-state index is 0.0809. The zero-order valence-electron chi connectivity index (χ0n) is 11.9. The Labute approximate surface area is 136 Å². The SMILES string of the molecule is Cc1ccccc1OCC(=O)NN=Cc1cc(Br)ccc1O. The number of rotatable bonds is 5. The first kappa shape index (κ1) is 16.0. The quantitative estimate of drug-likeness (QED) is 0.634. The highest BCUT2D eigenvalue weighted by Crippen LogP contribution is 2.20. The number of para-hydroxylation sites is 1. The Morgan fingerprint density at radius 3 is 2.91 bits per heavy atom. The van der Waals surface area contributed by atoms with Gasteiger partial charge < -0.3 is 9.84 Å². The van der Waals surface area contributed by atoms with Crippen LogP contribution in [0, 0.1) is 6.92 Å². The summed E-state index contributed by atoms with van der Waals surface area (Å²) in [6.45, 7) is 1.77. The molecule has 114 valence electrons. The third-order valence-electron chi connectivity index (χ3n) is 2.83. The number of hydrogen-bond donors (Lipinski definition) is 2. The fourth-order valence-electron chi connectivity index (χ4n) is 1.70. The molecule has 1 amide bonds. The van der Waals surface area contributed by atoms with E-state index >= 15 is 0 Å². The molecule has 0 aliphatic carbocycles. The number of aromatic hydroxyl groups is 1. The molecule has 0 spiro atoms. The molecule has 0 radical (unpaired) electrons. The Morgan fingerprint density at radius 2 is 2.14 bits per heavy atom. The van der Waals surface area contributed by atoms with Gasteiger partial charge in [0.05, 0.1) is 6.21 Å². The summed E-state index contributed by atoms with van der Waals surface area (Å²) in [5.41, 5.74) is 3.80. The van der Waals surface area contributed by atoms with Gasteiger partial charge in [-0.2, -0.15) is 5.10 Å². The second-order valence-electron chi connectivity index (χ2n) is 4.55. The van der Waals surface area contributed by atoms with Gasteiger partial charge in [0, 0.05) is 10.0 Å². The number of hydrazone groups is 1. The number of carbonyl (C=O) groups is 1. The summed E-state index contributed by atoms with van der Waals surface area (Å²) in [6, 6.07) is 12.4. The minimum atomic E-state index is -0.381. The van der Waals surface area contributed by atoms with E-state index in [4.69, 9.17) is 4.74 Å². The normalized spacial score (nSPS) is 10.6. The number of aryl methyl sites for hydroxylation is 1. The van der Waals surface area contributed by atoms with Gasteiger partial charge in [0.2, 0.25) is 0 Å². The van der Waals surface area contributed by atoms with Crippen LogP contribution >= 0.6 is 15.9 Å². The van der Waals surface area contributed by atoms with Crippen molar-refractivity contribution >= 4 is 28.1 Å².